The van der Waals surface area contributed by atoms with Crippen molar-refractivity contribution in [2.24, 2.45) is 0 Å². The summed E-state index contributed by atoms with van der Waals surface area (Å²) in [5, 5.41) is 13.8. The third-order valence-corrected chi connectivity index (χ3v) is 2.43. The Morgan fingerprint density at radius 2 is 2.00 bits per heavy atom. The first-order valence-electron chi connectivity index (χ1n) is 5.04. The van der Waals surface area contributed by atoms with Gasteiger partial charge in [-0.15, -0.1) is 0 Å². The predicted octanol–water partition coefficient (Wildman–Crippen LogP) is 2.27. The zero-order chi connectivity index (χ0) is 12.1. The van der Waals surface area contributed by atoms with Crippen molar-refractivity contribution in [3.05, 3.63) is 33.4 Å². The summed E-state index contributed by atoms with van der Waals surface area (Å²) in [7, 11) is 1.59. The van der Waals surface area contributed by atoms with Gasteiger partial charge in [-0.05, 0) is 31.0 Å². The fourth-order valence-electron chi connectivity index (χ4n) is 1.38. The number of hydrogen-bond acceptors (Lipinski definition) is 4. The van der Waals surface area contributed by atoms with E-state index in [1.165, 1.54) is 0 Å². The maximum atomic E-state index is 10.9. The molecule has 0 bridgehead atoms. The molecule has 0 amide bonds. The van der Waals surface area contributed by atoms with E-state index in [0.29, 0.717) is 18.8 Å². The van der Waals surface area contributed by atoms with Crippen molar-refractivity contribution in [3.8, 4) is 0 Å². The third kappa shape index (κ3) is 2.93. The van der Waals surface area contributed by atoms with Crippen molar-refractivity contribution in [2.75, 3.05) is 25.6 Å². The van der Waals surface area contributed by atoms with Gasteiger partial charge in [-0.3, -0.25) is 10.1 Å². The molecule has 0 spiro atoms. The van der Waals surface area contributed by atoms with Gasteiger partial charge in [0.2, 0.25) is 0 Å². The number of benzene rings is 1. The van der Waals surface area contributed by atoms with Gasteiger partial charge in [0.05, 0.1) is 11.5 Å². The average Bonchev–Trinajstić information content (AvgIpc) is 2.23. The highest BCUT2D eigenvalue weighted by Crippen LogP contribution is 2.27. The average molecular weight is 224 g/mol. The summed E-state index contributed by atoms with van der Waals surface area (Å²) in [6.45, 7) is 4.87. The van der Waals surface area contributed by atoms with Crippen LogP contribution in [0, 0.1) is 24.0 Å². The van der Waals surface area contributed by atoms with Crippen LogP contribution in [0.15, 0.2) is 12.1 Å². The number of aryl methyl sites for hydroxylation is 2. The van der Waals surface area contributed by atoms with Crippen LogP contribution in [0.2, 0.25) is 0 Å². The van der Waals surface area contributed by atoms with Crippen LogP contribution in [0.1, 0.15) is 11.1 Å². The van der Waals surface area contributed by atoms with E-state index in [2.05, 4.69) is 5.32 Å². The molecule has 1 aromatic carbocycles. The summed E-state index contributed by atoms with van der Waals surface area (Å²) in [6.07, 6.45) is 0. The van der Waals surface area contributed by atoms with Crippen molar-refractivity contribution in [1.82, 2.24) is 0 Å². The summed E-state index contributed by atoms with van der Waals surface area (Å²) in [6, 6.07) is 3.38. The molecule has 1 aromatic rings. The monoisotopic (exact) mass is 224 g/mol. The Balaban J connectivity index is 2.95. The molecule has 16 heavy (non-hydrogen) atoms. The van der Waals surface area contributed by atoms with E-state index >= 15 is 0 Å². The van der Waals surface area contributed by atoms with E-state index in [9.17, 15) is 10.1 Å². The minimum atomic E-state index is -0.373. The molecule has 0 atom stereocenters. The zero-order valence-electron chi connectivity index (χ0n) is 9.74. The van der Waals surface area contributed by atoms with E-state index in [4.69, 9.17) is 4.74 Å². The van der Waals surface area contributed by atoms with Crippen LogP contribution in [0.4, 0.5) is 11.4 Å². The van der Waals surface area contributed by atoms with E-state index in [0.717, 1.165) is 11.1 Å². The van der Waals surface area contributed by atoms with Gasteiger partial charge in [0.25, 0.3) is 5.69 Å². The zero-order valence-corrected chi connectivity index (χ0v) is 9.74. The summed E-state index contributed by atoms with van der Waals surface area (Å²) in [4.78, 5) is 10.5. The van der Waals surface area contributed by atoms with Gasteiger partial charge in [-0.2, -0.15) is 0 Å². The molecule has 0 aliphatic rings. The smallest absolute Gasteiger partial charge is 0.292 e. The molecular weight excluding hydrogens is 208 g/mol. The molecule has 0 heterocycles. The maximum Gasteiger partial charge on any atom is 0.292 e. The molecular formula is C11H16N2O3. The number of methoxy groups -OCH3 is 1. The van der Waals surface area contributed by atoms with Crippen molar-refractivity contribution in [3.63, 3.8) is 0 Å². The van der Waals surface area contributed by atoms with Gasteiger partial charge in [0.1, 0.15) is 5.69 Å². The van der Waals surface area contributed by atoms with Crippen LogP contribution in [-0.2, 0) is 4.74 Å². The SMILES string of the molecule is COCCNc1cc(C)c(C)cc1[N+](=O)[O-]. The molecule has 0 saturated heterocycles. The quantitative estimate of drug-likeness (QED) is 0.473. The van der Waals surface area contributed by atoms with Gasteiger partial charge in [0.15, 0.2) is 0 Å². The molecule has 0 saturated carbocycles. The first-order valence-corrected chi connectivity index (χ1v) is 5.04. The van der Waals surface area contributed by atoms with Gasteiger partial charge in [-0.25, -0.2) is 0 Å². The first-order chi connectivity index (χ1) is 7.56. The van der Waals surface area contributed by atoms with E-state index < -0.39 is 0 Å². The Bertz CT molecular complexity index is 391. The lowest BCUT2D eigenvalue weighted by Crippen LogP contribution is -2.09. The summed E-state index contributed by atoms with van der Waals surface area (Å²) >= 11 is 0. The minimum Gasteiger partial charge on any atom is -0.383 e. The van der Waals surface area contributed by atoms with Crippen molar-refractivity contribution >= 4 is 11.4 Å². The van der Waals surface area contributed by atoms with Crippen molar-refractivity contribution in [1.29, 1.82) is 0 Å². The third-order valence-electron chi connectivity index (χ3n) is 2.43. The number of anilines is 1. The molecule has 88 valence electrons. The number of nitrogens with zero attached hydrogens (tertiary/aromatic N) is 1. The fourth-order valence-corrected chi connectivity index (χ4v) is 1.38. The fraction of sp³-hybridized carbons (Fsp3) is 0.455. The Morgan fingerprint density at radius 1 is 1.38 bits per heavy atom. The Morgan fingerprint density at radius 3 is 2.56 bits per heavy atom. The summed E-state index contributed by atoms with van der Waals surface area (Å²) in [5.41, 5.74) is 2.61. The summed E-state index contributed by atoms with van der Waals surface area (Å²) in [5.74, 6) is 0. The van der Waals surface area contributed by atoms with Crippen LogP contribution < -0.4 is 5.32 Å². The Hall–Kier alpha value is -1.62. The molecule has 5 nitrogen and oxygen atoms in total. The largest absolute Gasteiger partial charge is 0.383 e. The molecule has 0 fully saturated rings. The Labute approximate surface area is 94.6 Å². The van der Waals surface area contributed by atoms with Crippen LogP contribution in [0.3, 0.4) is 0 Å². The number of nitrogens with one attached hydrogen (secondary N) is 1. The maximum absolute atomic E-state index is 10.9. The molecule has 0 aliphatic carbocycles. The van der Waals surface area contributed by atoms with Gasteiger partial charge in [0, 0.05) is 19.7 Å². The highest BCUT2D eigenvalue weighted by molar-refractivity contribution is 5.64. The van der Waals surface area contributed by atoms with Crippen LogP contribution in [-0.4, -0.2) is 25.2 Å². The topological polar surface area (TPSA) is 64.4 Å². The number of ether oxygens (including phenoxy) is 1. The normalized spacial score (nSPS) is 10.2. The highest BCUT2D eigenvalue weighted by Gasteiger charge is 2.14. The van der Waals surface area contributed by atoms with Crippen molar-refractivity contribution in [2.45, 2.75) is 13.8 Å². The minimum absolute atomic E-state index is 0.110. The number of nitro groups is 1. The summed E-state index contributed by atoms with van der Waals surface area (Å²) < 4.78 is 4.89. The lowest BCUT2D eigenvalue weighted by Gasteiger charge is -2.09. The van der Waals surface area contributed by atoms with E-state index in [1.807, 2.05) is 13.8 Å². The first kappa shape index (κ1) is 12.4. The second-order valence-electron chi connectivity index (χ2n) is 3.63. The number of hydrogen-bond donors (Lipinski definition) is 1. The Kier molecular flexibility index (Phi) is 4.25. The van der Waals surface area contributed by atoms with Gasteiger partial charge >= 0.3 is 0 Å². The molecule has 1 rings (SSSR count). The molecule has 1 N–H and O–H groups in total. The molecule has 0 aliphatic heterocycles. The number of nitro benzene ring substituents is 1. The highest BCUT2D eigenvalue weighted by atomic mass is 16.6. The van der Waals surface area contributed by atoms with Crippen molar-refractivity contribution < 1.29 is 9.66 Å². The second-order valence-corrected chi connectivity index (χ2v) is 3.63. The molecule has 5 heteroatoms. The van der Waals surface area contributed by atoms with Crippen LogP contribution in [0.25, 0.3) is 0 Å². The van der Waals surface area contributed by atoms with E-state index in [1.54, 1.807) is 19.2 Å². The second kappa shape index (κ2) is 5.46. The molecule has 0 aromatic heterocycles. The van der Waals surface area contributed by atoms with E-state index in [-0.39, 0.29) is 10.6 Å². The lowest BCUT2D eigenvalue weighted by molar-refractivity contribution is -0.384. The van der Waals surface area contributed by atoms with Crippen LogP contribution in [0.5, 0.6) is 0 Å². The predicted molar refractivity (Wildman–Crippen MR) is 62.9 cm³/mol. The number of rotatable bonds is 5. The standard InChI is InChI=1S/C11H16N2O3/c1-8-6-10(12-4-5-16-3)11(13(14)15)7-9(8)2/h6-7,12H,4-5H2,1-3H3. The molecule has 0 radical (unpaired) electrons. The lowest BCUT2D eigenvalue weighted by atomic mass is 10.1. The van der Waals surface area contributed by atoms with Crippen LogP contribution >= 0.6 is 0 Å². The molecule has 0 unspecified atom stereocenters. The van der Waals surface area contributed by atoms with Gasteiger partial charge in [-0.1, -0.05) is 0 Å². The van der Waals surface area contributed by atoms with Gasteiger partial charge < -0.3 is 10.1 Å².